The van der Waals surface area contributed by atoms with E-state index in [4.69, 9.17) is 4.74 Å². The standard InChI is InChI=1S/C24H39N3O4/c1-9-13-17(2)26-21(29)20(18-14-11-10-12-15-18)27(23(3,4)5)19(28)16-25-22(30)31-24(6,7)8/h10-12,14-15,17,20H,9,13,16H2,1-8H3,(H,25,30)(H,26,29). The van der Waals surface area contributed by atoms with Crippen LogP contribution in [0.5, 0.6) is 0 Å². The minimum Gasteiger partial charge on any atom is -0.444 e. The highest BCUT2D eigenvalue weighted by molar-refractivity contribution is 5.91. The lowest BCUT2D eigenvalue weighted by atomic mass is 9.96. The average Bonchev–Trinajstić information content (AvgIpc) is 2.62. The SMILES string of the molecule is CCCC(C)NC(=O)C(c1ccccc1)N(C(=O)CNC(=O)OC(C)(C)C)C(C)(C)C. The zero-order chi connectivity index (χ0) is 23.8. The van der Waals surface area contributed by atoms with Crippen LogP contribution < -0.4 is 10.6 Å². The summed E-state index contributed by atoms with van der Waals surface area (Å²) in [6, 6.07) is 8.38. The van der Waals surface area contributed by atoms with Crippen LogP contribution in [0, 0.1) is 0 Å². The molecular formula is C24H39N3O4. The summed E-state index contributed by atoms with van der Waals surface area (Å²) in [7, 11) is 0. The molecule has 1 rings (SSSR count). The highest BCUT2D eigenvalue weighted by Gasteiger charge is 2.38. The van der Waals surface area contributed by atoms with Crippen LogP contribution in [0.4, 0.5) is 4.79 Å². The number of hydrogen-bond donors (Lipinski definition) is 2. The normalized spacial score (nSPS) is 13.7. The lowest BCUT2D eigenvalue weighted by Crippen LogP contribution is -2.55. The highest BCUT2D eigenvalue weighted by atomic mass is 16.6. The van der Waals surface area contributed by atoms with Gasteiger partial charge in [-0.2, -0.15) is 0 Å². The van der Waals surface area contributed by atoms with Crippen molar-refractivity contribution in [2.75, 3.05) is 6.54 Å². The maximum Gasteiger partial charge on any atom is 0.408 e. The van der Waals surface area contributed by atoms with E-state index < -0.39 is 23.3 Å². The molecule has 0 aromatic heterocycles. The van der Waals surface area contributed by atoms with E-state index in [0.717, 1.165) is 12.8 Å². The fourth-order valence-corrected chi connectivity index (χ4v) is 3.33. The Hall–Kier alpha value is -2.57. The number of amides is 3. The zero-order valence-electron chi connectivity index (χ0n) is 20.2. The number of carbonyl (C=O) groups excluding carboxylic acids is 3. The zero-order valence-corrected chi connectivity index (χ0v) is 20.2. The van der Waals surface area contributed by atoms with Crippen LogP contribution in [0.1, 0.15) is 79.8 Å². The molecule has 31 heavy (non-hydrogen) atoms. The minimum absolute atomic E-state index is 0.0134. The molecule has 2 unspecified atom stereocenters. The minimum atomic E-state index is -0.826. The van der Waals surface area contributed by atoms with Crippen molar-refractivity contribution >= 4 is 17.9 Å². The molecule has 174 valence electrons. The number of rotatable bonds is 8. The van der Waals surface area contributed by atoms with Crippen LogP contribution in [-0.2, 0) is 14.3 Å². The van der Waals surface area contributed by atoms with Gasteiger partial charge in [0.25, 0.3) is 0 Å². The van der Waals surface area contributed by atoms with Gasteiger partial charge in [0.05, 0.1) is 0 Å². The van der Waals surface area contributed by atoms with Crippen molar-refractivity contribution in [2.45, 2.75) is 91.5 Å². The van der Waals surface area contributed by atoms with Gasteiger partial charge in [0.1, 0.15) is 18.2 Å². The lowest BCUT2D eigenvalue weighted by Gasteiger charge is -2.41. The predicted octanol–water partition coefficient (Wildman–Crippen LogP) is 4.18. The molecule has 0 aliphatic heterocycles. The first kappa shape index (κ1) is 26.5. The average molecular weight is 434 g/mol. The van der Waals surface area contributed by atoms with Crippen molar-refractivity contribution in [3.05, 3.63) is 35.9 Å². The third-order valence-electron chi connectivity index (χ3n) is 4.51. The summed E-state index contributed by atoms with van der Waals surface area (Å²) in [4.78, 5) is 40.2. The number of benzene rings is 1. The molecule has 0 aliphatic carbocycles. The Kier molecular flexibility index (Phi) is 9.53. The molecule has 3 amide bonds. The molecule has 0 fully saturated rings. The largest absolute Gasteiger partial charge is 0.444 e. The summed E-state index contributed by atoms with van der Waals surface area (Å²) in [6.45, 7) is 14.6. The Balaban J connectivity index is 3.19. The molecule has 1 aromatic carbocycles. The molecule has 0 aliphatic rings. The molecule has 0 heterocycles. The van der Waals surface area contributed by atoms with Gasteiger partial charge >= 0.3 is 6.09 Å². The summed E-state index contributed by atoms with van der Waals surface area (Å²) in [5, 5.41) is 5.55. The molecule has 0 saturated carbocycles. The number of ether oxygens (including phenoxy) is 1. The van der Waals surface area contributed by atoms with Gasteiger partial charge in [-0.1, -0.05) is 43.7 Å². The van der Waals surface area contributed by atoms with Crippen molar-refractivity contribution in [2.24, 2.45) is 0 Å². The topological polar surface area (TPSA) is 87.7 Å². The van der Waals surface area contributed by atoms with Gasteiger partial charge in [0.15, 0.2) is 0 Å². The Bertz CT molecular complexity index is 735. The number of carbonyl (C=O) groups is 3. The van der Waals surface area contributed by atoms with Crippen molar-refractivity contribution in [1.82, 2.24) is 15.5 Å². The van der Waals surface area contributed by atoms with Crippen LogP contribution in [0.3, 0.4) is 0 Å². The van der Waals surface area contributed by atoms with Gasteiger partial charge in [-0.3, -0.25) is 9.59 Å². The maximum atomic E-state index is 13.3. The maximum absolute atomic E-state index is 13.3. The van der Waals surface area contributed by atoms with E-state index in [2.05, 4.69) is 17.6 Å². The van der Waals surface area contributed by atoms with Crippen molar-refractivity contribution in [1.29, 1.82) is 0 Å². The first-order valence-electron chi connectivity index (χ1n) is 10.9. The molecule has 0 radical (unpaired) electrons. The van der Waals surface area contributed by atoms with E-state index in [1.807, 2.05) is 58.0 Å². The predicted molar refractivity (Wildman–Crippen MR) is 123 cm³/mol. The van der Waals surface area contributed by atoms with E-state index in [-0.39, 0.29) is 24.4 Å². The van der Waals surface area contributed by atoms with Gasteiger partial charge in [-0.25, -0.2) is 4.79 Å². The van der Waals surface area contributed by atoms with Crippen LogP contribution in [0.2, 0.25) is 0 Å². The Morgan fingerprint density at radius 2 is 1.61 bits per heavy atom. The molecule has 7 heteroatoms. The summed E-state index contributed by atoms with van der Waals surface area (Å²) < 4.78 is 5.23. The van der Waals surface area contributed by atoms with Crippen LogP contribution in [0.25, 0.3) is 0 Å². The second-order valence-corrected chi connectivity index (χ2v) is 9.80. The molecule has 1 aromatic rings. The van der Waals surface area contributed by atoms with Crippen LogP contribution in [-0.4, -0.2) is 46.5 Å². The Morgan fingerprint density at radius 3 is 2.10 bits per heavy atom. The Labute approximate surface area is 186 Å². The van der Waals surface area contributed by atoms with Crippen molar-refractivity contribution < 1.29 is 19.1 Å². The molecule has 2 N–H and O–H groups in total. The van der Waals surface area contributed by atoms with Crippen molar-refractivity contribution in [3.8, 4) is 0 Å². The van der Waals surface area contributed by atoms with Gasteiger partial charge < -0.3 is 20.3 Å². The van der Waals surface area contributed by atoms with Crippen LogP contribution in [0.15, 0.2) is 30.3 Å². The third-order valence-corrected chi connectivity index (χ3v) is 4.51. The molecular weight excluding hydrogens is 394 g/mol. The molecule has 2 atom stereocenters. The number of nitrogens with zero attached hydrogens (tertiary/aromatic N) is 1. The quantitative estimate of drug-likeness (QED) is 0.644. The Morgan fingerprint density at radius 1 is 1.03 bits per heavy atom. The highest BCUT2D eigenvalue weighted by Crippen LogP contribution is 2.29. The summed E-state index contributed by atoms with van der Waals surface area (Å²) in [6.07, 6.45) is 1.11. The number of alkyl carbamates (subject to hydrolysis) is 1. The third kappa shape index (κ3) is 8.99. The smallest absolute Gasteiger partial charge is 0.408 e. The fraction of sp³-hybridized carbons (Fsp3) is 0.625. The summed E-state index contributed by atoms with van der Waals surface area (Å²) in [5.41, 5.74) is -0.624. The lowest BCUT2D eigenvalue weighted by molar-refractivity contribution is -0.146. The van der Waals surface area contributed by atoms with Gasteiger partial charge in [0.2, 0.25) is 11.8 Å². The summed E-state index contributed by atoms with van der Waals surface area (Å²) >= 11 is 0. The van der Waals surface area contributed by atoms with E-state index in [0.29, 0.717) is 5.56 Å². The summed E-state index contributed by atoms with van der Waals surface area (Å²) in [5.74, 6) is -0.613. The van der Waals surface area contributed by atoms with Gasteiger partial charge in [-0.05, 0) is 60.5 Å². The van der Waals surface area contributed by atoms with E-state index in [1.54, 1.807) is 20.8 Å². The number of nitrogens with one attached hydrogen (secondary N) is 2. The van der Waals surface area contributed by atoms with Gasteiger partial charge in [-0.15, -0.1) is 0 Å². The van der Waals surface area contributed by atoms with Gasteiger partial charge in [0, 0.05) is 11.6 Å². The number of hydrogen-bond acceptors (Lipinski definition) is 4. The second-order valence-electron chi connectivity index (χ2n) is 9.80. The monoisotopic (exact) mass is 433 g/mol. The van der Waals surface area contributed by atoms with Crippen molar-refractivity contribution in [3.63, 3.8) is 0 Å². The van der Waals surface area contributed by atoms with E-state index in [9.17, 15) is 14.4 Å². The van der Waals surface area contributed by atoms with Crippen LogP contribution >= 0.6 is 0 Å². The molecule has 0 saturated heterocycles. The van der Waals surface area contributed by atoms with E-state index in [1.165, 1.54) is 4.90 Å². The van der Waals surface area contributed by atoms with E-state index >= 15 is 0 Å². The first-order valence-corrected chi connectivity index (χ1v) is 10.9. The fourth-order valence-electron chi connectivity index (χ4n) is 3.33. The molecule has 0 bridgehead atoms. The first-order chi connectivity index (χ1) is 14.3. The second kappa shape index (κ2) is 11.2. The molecule has 7 nitrogen and oxygen atoms in total. The molecule has 0 spiro atoms.